The van der Waals surface area contributed by atoms with Gasteiger partial charge in [-0.1, -0.05) is 0 Å². The summed E-state index contributed by atoms with van der Waals surface area (Å²) in [6.45, 7) is 5.16. The van der Waals surface area contributed by atoms with Gasteiger partial charge in [0.15, 0.2) is 0 Å². The largest absolute Gasteiger partial charge is 0.378 e. The van der Waals surface area contributed by atoms with Gasteiger partial charge in [-0.15, -0.1) is 0 Å². The molecule has 0 aromatic heterocycles. The van der Waals surface area contributed by atoms with Crippen LogP contribution in [0.4, 0.5) is 10.1 Å². The molecule has 2 saturated heterocycles. The van der Waals surface area contributed by atoms with E-state index in [9.17, 15) is 9.18 Å². The summed E-state index contributed by atoms with van der Waals surface area (Å²) in [5.41, 5.74) is 6.98. The summed E-state index contributed by atoms with van der Waals surface area (Å²) in [5, 5.41) is 0. The normalized spacial score (nSPS) is 23.2. The monoisotopic (exact) mass is 335 g/mol. The lowest BCUT2D eigenvalue weighted by molar-refractivity contribution is 0.0583. The second kappa shape index (κ2) is 7.49. The second-order valence-corrected chi connectivity index (χ2v) is 6.69. The number of carbonyl (C=O) groups is 1. The molecule has 1 aromatic carbocycles. The van der Waals surface area contributed by atoms with Crippen LogP contribution in [0, 0.1) is 5.82 Å². The summed E-state index contributed by atoms with van der Waals surface area (Å²) in [6, 6.07) is 4.75. The number of nitrogens with zero attached hydrogens (tertiary/aromatic N) is 2. The highest BCUT2D eigenvalue weighted by molar-refractivity contribution is 5.95. The average Bonchev–Trinajstić information content (AvgIpc) is 2.61. The summed E-state index contributed by atoms with van der Waals surface area (Å²) >= 11 is 0. The van der Waals surface area contributed by atoms with Crippen LogP contribution in [0.3, 0.4) is 0 Å². The molecule has 2 aliphatic heterocycles. The average molecular weight is 335 g/mol. The molecule has 2 aliphatic rings. The van der Waals surface area contributed by atoms with Gasteiger partial charge in [-0.05, 0) is 44.4 Å². The van der Waals surface area contributed by atoms with Crippen LogP contribution in [0.15, 0.2) is 18.2 Å². The van der Waals surface area contributed by atoms with Gasteiger partial charge in [-0.2, -0.15) is 0 Å². The fourth-order valence-electron chi connectivity index (χ4n) is 3.62. The molecular weight excluding hydrogens is 309 g/mol. The number of anilines is 1. The first kappa shape index (κ1) is 17.2. The van der Waals surface area contributed by atoms with E-state index in [0.29, 0.717) is 44.1 Å². The van der Waals surface area contributed by atoms with Gasteiger partial charge in [-0.25, -0.2) is 4.39 Å². The third kappa shape index (κ3) is 3.54. The lowest BCUT2D eigenvalue weighted by Gasteiger charge is -2.38. The molecule has 1 amide bonds. The number of hydrogen-bond acceptors (Lipinski definition) is 4. The van der Waals surface area contributed by atoms with Gasteiger partial charge in [-0.3, -0.25) is 4.79 Å². The van der Waals surface area contributed by atoms with Gasteiger partial charge < -0.3 is 20.3 Å². The molecule has 3 rings (SSSR count). The van der Waals surface area contributed by atoms with E-state index in [1.807, 2.05) is 16.7 Å². The first-order valence-corrected chi connectivity index (χ1v) is 8.76. The van der Waals surface area contributed by atoms with Crippen molar-refractivity contribution in [1.29, 1.82) is 0 Å². The number of carbonyl (C=O) groups excluding carboxylic acids is 1. The standard InChI is InChI=1S/C18H26FN3O2/c1-13(20)16-4-2-3-7-22(16)18(23)14-5-6-17(15(19)12-14)21-8-10-24-11-9-21/h5-6,12-13,16H,2-4,7-11,20H2,1H3. The van der Waals surface area contributed by atoms with Crippen molar-refractivity contribution in [3.8, 4) is 0 Å². The van der Waals surface area contributed by atoms with E-state index in [4.69, 9.17) is 10.5 Å². The highest BCUT2D eigenvalue weighted by Crippen LogP contribution is 2.25. The van der Waals surface area contributed by atoms with E-state index in [1.165, 1.54) is 6.07 Å². The molecule has 2 atom stereocenters. The molecule has 0 radical (unpaired) electrons. The predicted molar refractivity (Wildman–Crippen MR) is 91.8 cm³/mol. The SMILES string of the molecule is CC(N)C1CCCCN1C(=O)c1ccc(N2CCOCC2)c(F)c1. The summed E-state index contributed by atoms with van der Waals surface area (Å²) in [7, 11) is 0. The Labute approximate surface area is 142 Å². The zero-order valence-electron chi connectivity index (χ0n) is 14.2. The Kier molecular flexibility index (Phi) is 5.36. The Morgan fingerprint density at radius 2 is 2.04 bits per heavy atom. The van der Waals surface area contributed by atoms with Crippen molar-refractivity contribution < 1.29 is 13.9 Å². The number of piperidine rings is 1. The lowest BCUT2D eigenvalue weighted by Crippen LogP contribution is -2.51. The Hall–Kier alpha value is -1.66. The highest BCUT2D eigenvalue weighted by Gasteiger charge is 2.30. The molecule has 2 N–H and O–H groups in total. The summed E-state index contributed by atoms with van der Waals surface area (Å²) in [4.78, 5) is 16.6. The van der Waals surface area contributed by atoms with E-state index in [0.717, 1.165) is 19.3 Å². The molecule has 6 heteroatoms. The van der Waals surface area contributed by atoms with Crippen molar-refractivity contribution in [3.05, 3.63) is 29.6 Å². The molecule has 24 heavy (non-hydrogen) atoms. The number of ether oxygens (including phenoxy) is 1. The molecule has 132 valence electrons. The third-order valence-electron chi connectivity index (χ3n) is 4.96. The van der Waals surface area contributed by atoms with Gasteiger partial charge in [0.2, 0.25) is 0 Å². The van der Waals surface area contributed by atoms with E-state index in [2.05, 4.69) is 0 Å². The Morgan fingerprint density at radius 1 is 1.29 bits per heavy atom. The zero-order valence-corrected chi connectivity index (χ0v) is 14.2. The van der Waals surface area contributed by atoms with Crippen LogP contribution in [0.1, 0.15) is 36.5 Å². The van der Waals surface area contributed by atoms with E-state index >= 15 is 0 Å². The van der Waals surface area contributed by atoms with Crippen molar-refractivity contribution in [2.75, 3.05) is 37.7 Å². The number of nitrogens with two attached hydrogens (primary N) is 1. The Bertz CT molecular complexity index is 588. The summed E-state index contributed by atoms with van der Waals surface area (Å²) < 4.78 is 19.8. The summed E-state index contributed by atoms with van der Waals surface area (Å²) in [6.07, 6.45) is 2.97. The molecule has 2 unspecified atom stereocenters. The number of likely N-dealkylation sites (tertiary alicyclic amines) is 1. The van der Waals surface area contributed by atoms with Crippen LogP contribution in [0.2, 0.25) is 0 Å². The van der Waals surface area contributed by atoms with Gasteiger partial charge >= 0.3 is 0 Å². The van der Waals surface area contributed by atoms with Crippen molar-refractivity contribution in [2.45, 2.75) is 38.3 Å². The number of amides is 1. The van der Waals surface area contributed by atoms with Crippen LogP contribution in [-0.2, 0) is 4.74 Å². The van der Waals surface area contributed by atoms with Crippen LogP contribution in [0.25, 0.3) is 0 Å². The smallest absolute Gasteiger partial charge is 0.254 e. The molecule has 0 bridgehead atoms. The van der Waals surface area contributed by atoms with Crippen LogP contribution in [-0.4, -0.2) is 55.7 Å². The van der Waals surface area contributed by atoms with Gasteiger partial charge in [0.1, 0.15) is 5.82 Å². The Morgan fingerprint density at radius 3 is 2.71 bits per heavy atom. The first-order valence-electron chi connectivity index (χ1n) is 8.76. The highest BCUT2D eigenvalue weighted by atomic mass is 19.1. The van der Waals surface area contributed by atoms with Crippen molar-refractivity contribution in [1.82, 2.24) is 4.90 Å². The Balaban J connectivity index is 1.78. The minimum atomic E-state index is -0.350. The van der Waals surface area contributed by atoms with E-state index < -0.39 is 0 Å². The zero-order chi connectivity index (χ0) is 17.1. The number of benzene rings is 1. The number of halogens is 1. The summed E-state index contributed by atoms with van der Waals surface area (Å²) in [5.74, 6) is -0.471. The second-order valence-electron chi connectivity index (χ2n) is 6.69. The minimum Gasteiger partial charge on any atom is -0.378 e. The predicted octanol–water partition coefficient (Wildman–Crippen LogP) is 2.00. The topological polar surface area (TPSA) is 58.8 Å². The van der Waals surface area contributed by atoms with Crippen LogP contribution < -0.4 is 10.6 Å². The van der Waals surface area contributed by atoms with Crippen molar-refractivity contribution >= 4 is 11.6 Å². The molecular formula is C18H26FN3O2. The van der Waals surface area contributed by atoms with Gasteiger partial charge in [0, 0.05) is 37.3 Å². The fraction of sp³-hybridized carbons (Fsp3) is 0.611. The quantitative estimate of drug-likeness (QED) is 0.918. The van der Waals surface area contributed by atoms with Crippen molar-refractivity contribution in [3.63, 3.8) is 0 Å². The number of morpholine rings is 1. The first-order chi connectivity index (χ1) is 11.6. The lowest BCUT2D eigenvalue weighted by atomic mass is 9.96. The molecule has 0 spiro atoms. The maximum atomic E-state index is 14.5. The van der Waals surface area contributed by atoms with Crippen LogP contribution >= 0.6 is 0 Å². The molecule has 1 aromatic rings. The minimum absolute atomic E-state index is 0.0354. The van der Waals surface area contributed by atoms with E-state index in [1.54, 1.807) is 12.1 Å². The molecule has 0 saturated carbocycles. The number of hydrogen-bond donors (Lipinski definition) is 1. The van der Waals surface area contributed by atoms with Crippen molar-refractivity contribution in [2.24, 2.45) is 5.73 Å². The van der Waals surface area contributed by atoms with E-state index in [-0.39, 0.29) is 23.8 Å². The fourth-order valence-corrected chi connectivity index (χ4v) is 3.62. The molecule has 2 fully saturated rings. The maximum Gasteiger partial charge on any atom is 0.254 e. The van der Waals surface area contributed by atoms with Gasteiger partial charge in [0.25, 0.3) is 5.91 Å². The third-order valence-corrected chi connectivity index (χ3v) is 4.96. The molecule has 2 heterocycles. The van der Waals surface area contributed by atoms with Crippen LogP contribution in [0.5, 0.6) is 0 Å². The van der Waals surface area contributed by atoms with Gasteiger partial charge in [0.05, 0.1) is 18.9 Å². The molecule has 0 aliphatic carbocycles. The molecule has 5 nitrogen and oxygen atoms in total. The number of rotatable bonds is 3. The maximum absolute atomic E-state index is 14.5.